The van der Waals surface area contributed by atoms with Gasteiger partial charge in [-0.3, -0.25) is 0 Å². The van der Waals surface area contributed by atoms with Gasteiger partial charge in [-0.25, -0.2) is 9.78 Å². The van der Waals surface area contributed by atoms with Gasteiger partial charge >= 0.3 is 6.09 Å². The average molecular weight is 414 g/mol. The normalized spacial score (nSPS) is 17.8. The van der Waals surface area contributed by atoms with Crippen LogP contribution in [0.5, 0.6) is 5.75 Å². The maximum atomic E-state index is 12.4. The molecule has 4 rings (SSSR count). The number of nitrogens with zero attached hydrogens (tertiary/aromatic N) is 3. The number of hydrogen-bond donors (Lipinski definition) is 0. The van der Waals surface area contributed by atoms with Crippen molar-refractivity contribution in [2.75, 3.05) is 7.05 Å². The molecule has 2 fully saturated rings. The zero-order valence-corrected chi connectivity index (χ0v) is 17.9. The molecule has 0 aromatic carbocycles. The van der Waals surface area contributed by atoms with Crippen LogP contribution in [0.2, 0.25) is 0 Å². The highest BCUT2D eigenvalue weighted by Gasteiger charge is 2.25. The van der Waals surface area contributed by atoms with Crippen molar-refractivity contribution < 1.29 is 18.8 Å². The van der Waals surface area contributed by atoms with E-state index in [9.17, 15) is 4.79 Å². The van der Waals surface area contributed by atoms with E-state index in [1.165, 1.54) is 32.1 Å². The van der Waals surface area contributed by atoms with Crippen LogP contribution in [0.1, 0.15) is 69.0 Å². The monoisotopic (exact) mass is 413 g/mol. The molecule has 2 heterocycles. The molecule has 0 aliphatic heterocycles. The standard InChI is InChI=1S/C23H31N3O4/c1-16-20(15-28-23(27)26(2)17-8-6-7-9-17)22(30-25-16)21-13-12-19(14-24-21)29-18-10-4-3-5-11-18/h12-14,17-18H,3-11,15H2,1-2H3. The molecule has 162 valence electrons. The third-order valence-electron chi connectivity index (χ3n) is 6.31. The summed E-state index contributed by atoms with van der Waals surface area (Å²) in [6, 6.07) is 4.06. The SMILES string of the molecule is Cc1noc(-c2ccc(OC3CCCCC3)cn2)c1COC(=O)N(C)C1CCCC1. The number of carbonyl (C=O) groups is 1. The van der Waals surface area contributed by atoms with Crippen molar-refractivity contribution >= 4 is 6.09 Å². The summed E-state index contributed by atoms with van der Waals surface area (Å²) in [5.41, 5.74) is 2.10. The number of aryl methyl sites for hydroxylation is 1. The molecule has 0 radical (unpaired) electrons. The molecule has 7 heteroatoms. The summed E-state index contributed by atoms with van der Waals surface area (Å²) in [6.45, 7) is 1.96. The zero-order valence-electron chi connectivity index (χ0n) is 17.9. The quantitative estimate of drug-likeness (QED) is 0.642. The minimum absolute atomic E-state index is 0.114. The van der Waals surface area contributed by atoms with Gasteiger partial charge in [-0.2, -0.15) is 0 Å². The van der Waals surface area contributed by atoms with Gasteiger partial charge in [0.2, 0.25) is 0 Å². The van der Waals surface area contributed by atoms with Gasteiger partial charge in [0.1, 0.15) is 18.1 Å². The number of hydrogen-bond acceptors (Lipinski definition) is 6. The molecule has 2 aliphatic rings. The Morgan fingerprint density at radius 3 is 2.57 bits per heavy atom. The summed E-state index contributed by atoms with van der Waals surface area (Å²) < 4.78 is 17.1. The van der Waals surface area contributed by atoms with Crippen LogP contribution in [0.25, 0.3) is 11.5 Å². The van der Waals surface area contributed by atoms with E-state index in [4.69, 9.17) is 14.0 Å². The Labute approximate surface area is 177 Å². The van der Waals surface area contributed by atoms with Crippen molar-refractivity contribution in [2.24, 2.45) is 0 Å². The van der Waals surface area contributed by atoms with Crippen LogP contribution in [-0.4, -0.2) is 40.3 Å². The van der Waals surface area contributed by atoms with Gasteiger partial charge in [0, 0.05) is 13.1 Å². The largest absolute Gasteiger partial charge is 0.489 e. The van der Waals surface area contributed by atoms with Crippen LogP contribution in [0.4, 0.5) is 4.79 Å². The van der Waals surface area contributed by atoms with Crippen LogP contribution in [-0.2, 0) is 11.3 Å². The predicted octanol–water partition coefficient (Wildman–Crippen LogP) is 5.27. The average Bonchev–Trinajstić information content (AvgIpc) is 3.43. The Morgan fingerprint density at radius 2 is 1.87 bits per heavy atom. The fourth-order valence-electron chi connectivity index (χ4n) is 4.40. The first-order valence-corrected chi connectivity index (χ1v) is 11.1. The van der Waals surface area contributed by atoms with Gasteiger partial charge in [-0.1, -0.05) is 24.4 Å². The van der Waals surface area contributed by atoms with E-state index < -0.39 is 0 Å². The molecule has 0 bridgehead atoms. The second kappa shape index (κ2) is 9.49. The Hall–Kier alpha value is -2.57. The highest BCUT2D eigenvalue weighted by molar-refractivity contribution is 5.68. The first kappa shape index (κ1) is 20.7. The number of ether oxygens (including phenoxy) is 2. The molecule has 2 aromatic rings. The van der Waals surface area contributed by atoms with Crippen molar-refractivity contribution in [3.05, 3.63) is 29.6 Å². The lowest BCUT2D eigenvalue weighted by Crippen LogP contribution is -2.35. The Kier molecular flexibility index (Phi) is 6.55. The minimum atomic E-state index is -0.308. The Balaban J connectivity index is 1.39. The summed E-state index contributed by atoms with van der Waals surface area (Å²) >= 11 is 0. The Morgan fingerprint density at radius 1 is 1.13 bits per heavy atom. The van der Waals surface area contributed by atoms with E-state index in [0.717, 1.165) is 37.0 Å². The van der Waals surface area contributed by atoms with E-state index in [1.54, 1.807) is 11.1 Å². The lowest BCUT2D eigenvalue weighted by atomic mass is 9.98. The molecule has 2 saturated carbocycles. The predicted molar refractivity (Wildman–Crippen MR) is 112 cm³/mol. The molecule has 7 nitrogen and oxygen atoms in total. The van der Waals surface area contributed by atoms with Crippen LogP contribution in [0, 0.1) is 6.92 Å². The van der Waals surface area contributed by atoms with Gasteiger partial charge in [0.25, 0.3) is 0 Å². The van der Waals surface area contributed by atoms with Crippen molar-refractivity contribution in [1.82, 2.24) is 15.0 Å². The summed E-state index contributed by atoms with van der Waals surface area (Å²) in [5, 5.41) is 4.06. The fraction of sp³-hybridized carbons (Fsp3) is 0.609. The molecular weight excluding hydrogens is 382 g/mol. The van der Waals surface area contributed by atoms with E-state index in [-0.39, 0.29) is 24.8 Å². The zero-order chi connectivity index (χ0) is 20.9. The maximum Gasteiger partial charge on any atom is 0.410 e. The van der Waals surface area contributed by atoms with E-state index in [1.807, 2.05) is 26.1 Å². The third kappa shape index (κ3) is 4.77. The summed E-state index contributed by atoms with van der Waals surface area (Å²) in [7, 11) is 1.81. The van der Waals surface area contributed by atoms with E-state index in [2.05, 4.69) is 10.1 Å². The summed E-state index contributed by atoms with van der Waals surface area (Å²) in [6.07, 6.45) is 12.1. The molecule has 0 spiro atoms. The summed E-state index contributed by atoms with van der Waals surface area (Å²) in [5.74, 6) is 1.31. The van der Waals surface area contributed by atoms with Crippen molar-refractivity contribution in [3.63, 3.8) is 0 Å². The van der Waals surface area contributed by atoms with Gasteiger partial charge in [-0.15, -0.1) is 0 Å². The number of rotatable bonds is 6. The van der Waals surface area contributed by atoms with Gasteiger partial charge < -0.3 is 18.9 Å². The Bertz CT molecular complexity index is 837. The van der Waals surface area contributed by atoms with Gasteiger partial charge in [0.05, 0.1) is 23.6 Å². The second-order valence-electron chi connectivity index (χ2n) is 8.44. The number of amides is 1. The van der Waals surface area contributed by atoms with Crippen LogP contribution < -0.4 is 4.74 Å². The fourth-order valence-corrected chi connectivity index (χ4v) is 4.40. The smallest absolute Gasteiger partial charge is 0.410 e. The molecule has 30 heavy (non-hydrogen) atoms. The molecule has 0 unspecified atom stereocenters. The third-order valence-corrected chi connectivity index (χ3v) is 6.31. The van der Waals surface area contributed by atoms with Gasteiger partial charge in [-0.05, 0) is 57.6 Å². The first-order chi connectivity index (χ1) is 14.6. The minimum Gasteiger partial charge on any atom is -0.489 e. The van der Waals surface area contributed by atoms with Crippen molar-refractivity contribution in [2.45, 2.75) is 83.5 Å². The summed E-state index contributed by atoms with van der Waals surface area (Å²) in [4.78, 5) is 18.7. The maximum absolute atomic E-state index is 12.4. The highest BCUT2D eigenvalue weighted by atomic mass is 16.6. The van der Waals surface area contributed by atoms with Crippen LogP contribution in [0.15, 0.2) is 22.9 Å². The molecule has 0 saturated heterocycles. The molecule has 2 aliphatic carbocycles. The van der Waals surface area contributed by atoms with Crippen molar-refractivity contribution in [1.29, 1.82) is 0 Å². The second-order valence-corrected chi connectivity index (χ2v) is 8.44. The van der Waals surface area contributed by atoms with E-state index in [0.29, 0.717) is 17.1 Å². The van der Waals surface area contributed by atoms with Crippen LogP contribution >= 0.6 is 0 Å². The molecule has 2 aromatic heterocycles. The topological polar surface area (TPSA) is 77.7 Å². The highest BCUT2D eigenvalue weighted by Crippen LogP contribution is 2.29. The van der Waals surface area contributed by atoms with Crippen LogP contribution in [0.3, 0.4) is 0 Å². The number of aromatic nitrogens is 2. The lowest BCUT2D eigenvalue weighted by Gasteiger charge is -2.23. The van der Waals surface area contributed by atoms with Gasteiger partial charge in [0.15, 0.2) is 5.76 Å². The number of pyridine rings is 1. The molecule has 1 amide bonds. The lowest BCUT2D eigenvalue weighted by molar-refractivity contribution is 0.0917. The first-order valence-electron chi connectivity index (χ1n) is 11.1. The molecular formula is C23H31N3O4. The van der Waals surface area contributed by atoms with E-state index >= 15 is 0 Å². The molecule has 0 N–H and O–H groups in total. The number of carbonyl (C=O) groups excluding carboxylic acids is 1. The van der Waals surface area contributed by atoms with Crippen molar-refractivity contribution in [3.8, 4) is 17.2 Å². The molecule has 0 atom stereocenters.